The van der Waals surface area contributed by atoms with E-state index < -0.39 is 0 Å². The molecule has 28 heavy (non-hydrogen) atoms. The summed E-state index contributed by atoms with van der Waals surface area (Å²) in [7, 11) is 0. The molecule has 2 aromatic carbocycles. The molecule has 0 radical (unpaired) electrons. The van der Waals surface area contributed by atoms with Crippen molar-refractivity contribution < 1.29 is 9.53 Å². The van der Waals surface area contributed by atoms with Crippen molar-refractivity contribution in [2.45, 2.75) is 40.0 Å². The number of carbonyl (C=O) groups excluding carboxylic acids is 1. The second kappa shape index (κ2) is 10.6. The van der Waals surface area contributed by atoms with Gasteiger partial charge in [0.25, 0.3) is 5.91 Å². The summed E-state index contributed by atoms with van der Waals surface area (Å²) < 4.78 is 6.63. The molecule has 0 saturated carbocycles. The minimum atomic E-state index is -0.305. The molecule has 2 rings (SSSR count). The standard InChI is InChI=1S/C22H27BrN2O2S/c1-14(2)11-12-27-20-10-9-16(23)13-18(20)21(26)25-22(28)24-19-8-6-5-7-17(19)15(3)4/h5-10,13-15H,11-12H2,1-4H3,(H2,24,25,26,28). The molecule has 2 N–H and O–H groups in total. The van der Waals surface area contributed by atoms with Gasteiger partial charge < -0.3 is 10.1 Å². The third-order valence-corrected chi connectivity index (χ3v) is 4.89. The van der Waals surface area contributed by atoms with E-state index in [2.05, 4.69) is 54.3 Å². The van der Waals surface area contributed by atoms with Crippen molar-refractivity contribution in [1.82, 2.24) is 5.32 Å². The van der Waals surface area contributed by atoms with Gasteiger partial charge in [0.15, 0.2) is 5.11 Å². The monoisotopic (exact) mass is 462 g/mol. The lowest BCUT2D eigenvalue weighted by molar-refractivity contribution is 0.0973. The molecule has 0 unspecified atom stereocenters. The number of benzene rings is 2. The van der Waals surface area contributed by atoms with E-state index in [0.717, 1.165) is 22.1 Å². The van der Waals surface area contributed by atoms with Gasteiger partial charge in [0.05, 0.1) is 12.2 Å². The maximum atomic E-state index is 12.8. The second-order valence-electron chi connectivity index (χ2n) is 7.32. The SMILES string of the molecule is CC(C)CCOc1ccc(Br)cc1C(=O)NC(=S)Nc1ccccc1C(C)C. The van der Waals surface area contributed by atoms with Crippen LogP contribution in [0, 0.1) is 5.92 Å². The summed E-state index contributed by atoms with van der Waals surface area (Å²) in [4.78, 5) is 12.8. The first-order valence-corrected chi connectivity index (χ1v) is 10.6. The highest BCUT2D eigenvalue weighted by molar-refractivity contribution is 9.10. The first-order chi connectivity index (χ1) is 13.3. The zero-order valence-corrected chi connectivity index (χ0v) is 19.1. The number of ether oxygens (including phenoxy) is 1. The van der Waals surface area contributed by atoms with Gasteiger partial charge in [-0.2, -0.15) is 0 Å². The quantitative estimate of drug-likeness (QED) is 0.486. The fraction of sp³-hybridized carbons (Fsp3) is 0.364. The van der Waals surface area contributed by atoms with Crippen LogP contribution in [0.25, 0.3) is 0 Å². The van der Waals surface area contributed by atoms with Gasteiger partial charge in [-0.3, -0.25) is 10.1 Å². The number of hydrogen-bond donors (Lipinski definition) is 2. The largest absolute Gasteiger partial charge is 0.493 e. The number of hydrogen-bond acceptors (Lipinski definition) is 3. The lowest BCUT2D eigenvalue weighted by atomic mass is 10.0. The smallest absolute Gasteiger partial charge is 0.261 e. The first-order valence-electron chi connectivity index (χ1n) is 9.41. The summed E-state index contributed by atoms with van der Waals surface area (Å²) in [6, 6.07) is 13.3. The van der Waals surface area contributed by atoms with Crippen LogP contribution in [0.4, 0.5) is 5.69 Å². The van der Waals surface area contributed by atoms with Gasteiger partial charge in [-0.15, -0.1) is 0 Å². The lowest BCUT2D eigenvalue weighted by Gasteiger charge is -2.16. The normalized spacial score (nSPS) is 10.8. The number of anilines is 1. The van der Waals surface area contributed by atoms with E-state index >= 15 is 0 Å². The molecule has 0 heterocycles. The third-order valence-electron chi connectivity index (χ3n) is 4.20. The fourth-order valence-corrected chi connectivity index (χ4v) is 3.21. The van der Waals surface area contributed by atoms with Crippen LogP contribution in [-0.4, -0.2) is 17.6 Å². The van der Waals surface area contributed by atoms with Gasteiger partial charge in [-0.25, -0.2) is 0 Å². The number of halogens is 1. The highest BCUT2D eigenvalue weighted by Gasteiger charge is 2.16. The predicted molar refractivity (Wildman–Crippen MR) is 123 cm³/mol. The van der Waals surface area contributed by atoms with E-state index in [4.69, 9.17) is 17.0 Å². The van der Waals surface area contributed by atoms with Crippen molar-refractivity contribution in [2.75, 3.05) is 11.9 Å². The summed E-state index contributed by atoms with van der Waals surface area (Å²) >= 11 is 8.78. The summed E-state index contributed by atoms with van der Waals surface area (Å²) in [5, 5.41) is 6.15. The average molecular weight is 463 g/mol. The fourth-order valence-electron chi connectivity index (χ4n) is 2.65. The Morgan fingerprint density at radius 1 is 1.14 bits per heavy atom. The minimum Gasteiger partial charge on any atom is -0.493 e. The van der Waals surface area contributed by atoms with Gasteiger partial charge in [0.1, 0.15) is 5.75 Å². The summed E-state index contributed by atoms with van der Waals surface area (Å²) in [6.07, 6.45) is 0.920. The molecule has 6 heteroatoms. The van der Waals surface area contributed by atoms with Crippen molar-refractivity contribution in [1.29, 1.82) is 0 Å². The Balaban J connectivity index is 2.10. The van der Waals surface area contributed by atoms with Crippen molar-refractivity contribution in [2.24, 2.45) is 5.92 Å². The Labute approximate surface area is 181 Å². The average Bonchev–Trinajstić information content (AvgIpc) is 2.62. The molecule has 0 fully saturated rings. The van der Waals surface area contributed by atoms with Crippen LogP contribution >= 0.6 is 28.1 Å². The highest BCUT2D eigenvalue weighted by atomic mass is 79.9. The lowest BCUT2D eigenvalue weighted by Crippen LogP contribution is -2.34. The summed E-state index contributed by atoms with van der Waals surface area (Å²) in [6.45, 7) is 9.06. The Morgan fingerprint density at radius 2 is 1.86 bits per heavy atom. The molecule has 4 nitrogen and oxygen atoms in total. The molecular weight excluding hydrogens is 436 g/mol. The second-order valence-corrected chi connectivity index (χ2v) is 8.65. The summed E-state index contributed by atoms with van der Waals surface area (Å²) in [5.74, 6) is 1.12. The number of para-hydroxylation sites is 1. The molecule has 2 aromatic rings. The van der Waals surface area contributed by atoms with Gasteiger partial charge in [-0.05, 0) is 60.3 Å². The van der Waals surface area contributed by atoms with Crippen LogP contribution in [-0.2, 0) is 0 Å². The van der Waals surface area contributed by atoms with Crippen LogP contribution in [0.15, 0.2) is 46.9 Å². The van der Waals surface area contributed by atoms with Crippen LogP contribution < -0.4 is 15.4 Å². The number of carbonyl (C=O) groups is 1. The number of nitrogens with one attached hydrogen (secondary N) is 2. The van der Waals surface area contributed by atoms with Crippen LogP contribution in [0.1, 0.15) is 56.0 Å². The molecule has 1 amide bonds. The number of thiocarbonyl (C=S) groups is 1. The Hall–Kier alpha value is -1.92. The van der Waals surface area contributed by atoms with E-state index in [0.29, 0.717) is 29.8 Å². The van der Waals surface area contributed by atoms with Gasteiger partial charge in [0, 0.05) is 10.2 Å². The van der Waals surface area contributed by atoms with Crippen molar-refractivity contribution >= 4 is 44.9 Å². The maximum absolute atomic E-state index is 12.8. The van der Waals surface area contributed by atoms with Crippen molar-refractivity contribution in [3.8, 4) is 5.75 Å². The molecule has 0 atom stereocenters. The van der Waals surface area contributed by atoms with E-state index in [1.54, 1.807) is 12.1 Å². The van der Waals surface area contributed by atoms with Crippen LogP contribution in [0.3, 0.4) is 0 Å². The molecule has 0 aromatic heterocycles. The van der Waals surface area contributed by atoms with E-state index in [1.165, 1.54) is 0 Å². The van der Waals surface area contributed by atoms with Gasteiger partial charge >= 0.3 is 0 Å². The Bertz CT molecular complexity index is 837. The minimum absolute atomic E-state index is 0.256. The molecule has 0 saturated heterocycles. The first kappa shape index (κ1) is 22.4. The van der Waals surface area contributed by atoms with Gasteiger partial charge in [0.2, 0.25) is 0 Å². The number of rotatable bonds is 7. The van der Waals surface area contributed by atoms with Crippen molar-refractivity contribution in [3.63, 3.8) is 0 Å². The summed E-state index contributed by atoms with van der Waals surface area (Å²) in [5.41, 5.74) is 2.48. The number of amides is 1. The molecule has 0 bridgehead atoms. The van der Waals surface area contributed by atoms with Crippen LogP contribution in [0.5, 0.6) is 5.75 Å². The zero-order valence-electron chi connectivity index (χ0n) is 16.7. The topological polar surface area (TPSA) is 50.4 Å². The Kier molecular flexibility index (Phi) is 8.45. The van der Waals surface area contributed by atoms with E-state index in [-0.39, 0.29) is 11.0 Å². The molecule has 0 aliphatic heterocycles. The van der Waals surface area contributed by atoms with Gasteiger partial charge in [-0.1, -0.05) is 61.8 Å². The molecule has 0 spiro atoms. The third kappa shape index (κ3) is 6.60. The molecule has 0 aliphatic rings. The predicted octanol–water partition coefficient (Wildman–Crippen LogP) is 6.12. The molecule has 150 valence electrons. The van der Waals surface area contributed by atoms with E-state index in [9.17, 15) is 4.79 Å². The van der Waals surface area contributed by atoms with Crippen LogP contribution in [0.2, 0.25) is 0 Å². The van der Waals surface area contributed by atoms with E-state index in [1.807, 2.05) is 30.3 Å². The Morgan fingerprint density at radius 3 is 2.54 bits per heavy atom. The molecular formula is C22H27BrN2O2S. The highest BCUT2D eigenvalue weighted by Crippen LogP contribution is 2.25. The molecule has 0 aliphatic carbocycles. The zero-order chi connectivity index (χ0) is 20.7. The van der Waals surface area contributed by atoms with Crippen molar-refractivity contribution in [3.05, 3.63) is 58.1 Å². The maximum Gasteiger partial charge on any atom is 0.261 e.